The molecule has 1 amide bonds. The number of nitrogens with one attached hydrogen (secondary N) is 2. The highest BCUT2D eigenvalue weighted by molar-refractivity contribution is 6.04. The van der Waals surface area contributed by atoms with Crippen LogP contribution in [0.1, 0.15) is 27.0 Å². The standard InChI is InChI=1S/C21H21N3O/c1-14-8-9-17(12-16(14)3)21(25)23-18-10-11-20(22-13-18)24-19-7-5-4-6-15(19)2/h4-13H,1-3H3,(H,22,24)(H,23,25). The topological polar surface area (TPSA) is 54.0 Å². The number of carbonyl (C=O) groups is 1. The number of amides is 1. The molecule has 3 rings (SSSR count). The van der Waals surface area contributed by atoms with Gasteiger partial charge in [-0.05, 0) is 67.8 Å². The second kappa shape index (κ2) is 7.18. The molecule has 3 aromatic rings. The minimum Gasteiger partial charge on any atom is -0.340 e. The lowest BCUT2D eigenvalue weighted by molar-refractivity contribution is 0.102. The molecule has 0 fully saturated rings. The van der Waals surface area contributed by atoms with Gasteiger partial charge < -0.3 is 10.6 Å². The van der Waals surface area contributed by atoms with Crippen LogP contribution in [-0.4, -0.2) is 10.9 Å². The van der Waals surface area contributed by atoms with Gasteiger partial charge in [0.05, 0.1) is 11.9 Å². The molecule has 0 saturated carbocycles. The summed E-state index contributed by atoms with van der Waals surface area (Å²) in [5, 5.41) is 6.15. The van der Waals surface area contributed by atoms with Gasteiger partial charge in [-0.2, -0.15) is 0 Å². The van der Waals surface area contributed by atoms with Crippen LogP contribution in [0.25, 0.3) is 0 Å². The molecule has 25 heavy (non-hydrogen) atoms. The third-order valence-electron chi connectivity index (χ3n) is 4.20. The Balaban J connectivity index is 1.69. The van der Waals surface area contributed by atoms with Gasteiger partial charge in [0.15, 0.2) is 0 Å². The smallest absolute Gasteiger partial charge is 0.255 e. The Labute approximate surface area is 147 Å². The highest BCUT2D eigenvalue weighted by atomic mass is 16.1. The molecule has 0 radical (unpaired) electrons. The summed E-state index contributed by atoms with van der Waals surface area (Å²) in [6.07, 6.45) is 1.65. The number of carbonyl (C=O) groups excluding carboxylic acids is 1. The first kappa shape index (κ1) is 16.7. The molecule has 0 saturated heterocycles. The van der Waals surface area contributed by atoms with Crippen molar-refractivity contribution in [1.82, 2.24) is 4.98 Å². The molecule has 4 nitrogen and oxygen atoms in total. The molecule has 2 aromatic carbocycles. The molecule has 0 spiro atoms. The number of benzene rings is 2. The van der Waals surface area contributed by atoms with E-state index in [0.717, 1.165) is 22.6 Å². The van der Waals surface area contributed by atoms with Crippen molar-refractivity contribution in [2.75, 3.05) is 10.6 Å². The maximum Gasteiger partial charge on any atom is 0.255 e. The lowest BCUT2D eigenvalue weighted by Crippen LogP contribution is -2.12. The van der Waals surface area contributed by atoms with Crippen LogP contribution in [0.4, 0.5) is 17.2 Å². The summed E-state index contributed by atoms with van der Waals surface area (Å²) >= 11 is 0. The van der Waals surface area contributed by atoms with E-state index in [4.69, 9.17) is 0 Å². The van der Waals surface area contributed by atoms with Gasteiger partial charge in [0.2, 0.25) is 0 Å². The molecule has 0 aliphatic rings. The quantitative estimate of drug-likeness (QED) is 0.707. The fourth-order valence-corrected chi connectivity index (χ4v) is 2.48. The van der Waals surface area contributed by atoms with Gasteiger partial charge in [-0.15, -0.1) is 0 Å². The minimum atomic E-state index is -0.135. The lowest BCUT2D eigenvalue weighted by Gasteiger charge is -2.10. The first-order chi connectivity index (χ1) is 12.0. The first-order valence-corrected chi connectivity index (χ1v) is 8.20. The van der Waals surface area contributed by atoms with Gasteiger partial charge in [-0.1, -0.05) is 24.3 Å². The Bertz CT molecular complexity index is 901. The van der Waals surface area contributed by atoms with Crippen molar-refractivity contribution in [3.8, 4) is 0 Å². The second-order valence-corrected chi connectivity index (χ2v) is 6.13. The number of nitrogens with zero attached hydrogens (tertiary/aromatic N) is 1. The molecule has 0 aliphatic heterocycles. The zero-order valence-electron chi connectivity index (χ0n) is 14.6. The number of aromatic nitrogens is 1. The van der Waals surface area contributed by atoms with E-state index in [-0.39, 0.29) is 5.91 Å². The average molecular weight is 331 g/mol. The van der Waals surface area contributed by atoms with Gasteiger partial charge in [0.25, 0.3) is 5.91 Å². The van der Waals surface area contributed by atoms with Crippen LogP contribution in [0.5, 0.6) is 0 Å². The van der Waals surface area contributed by atoms with E-state index < -0.39 is 0 Å². The van der Waals surface area contributed by atoms with Crippen molar-refractivity contribution in [1.29, 1.82) is 0 Å². The highest BCUT2D eigenvalue weighted by Crippen LogP contribution is 2.20. The van der Waals surface area contributed by atoms with Crippen LogP contribution >= 0.6 is 0 Å². The monoisotopic (exact) mass is 331 g/mol. The molecular formula is C21H21N3O. The maximum absolute atomic E-state index is 12.3. The van der Waals surface area contributed by atoms with E-state index in [1.807, 2.05) is 75.4 Å². The molecule has 126 valence electrons. The number of anilines is 3. The molecular weight excluding hydrogens is 310 g/mol. The fourth-order valence-electron chi connectivity index (χ4n) is 2.48. The third-order valence-corrected chi connectivity index (χ3v) is 4.20. The molecule has 0 aliphatic carbocycles. The van der Waals surface area contributed by atoms with Crippen molar-refractivity contribution in [3.63, 3.8) is 0 Å². The molecule has 2 N–H and O–H groups in total. The lowest BCUT2D eigenvalue weighted by atomic mass is 10.1. The third kappa shape index (κ3) is 4.04. The van der Waals surface area contributed by atoms with Gasteiger partial charge >= 0.3 is 0 Å². The molecule has 1 aromatic heterocycles. The van der Waals surface area contributed by atoms with E-state index in [1.165, 1.54) is 5.56 Å². The fraction of sp³-hybridized carbons (Fsp3) is 0.143. The predicted molar refractivity (Wildman–Crippen MR) is 103 cm³/mol. The van der Waals surface area contributed by atoms with Crippen LogP contribution in [0.15, 0.2) is 60.8 Å². The summed E-state index contributed by atoms with van der Waals surface area (Å²) in [6, 6.07) is 17.4. The summed E-state index contributed by atoms with van der Waals surface area (Å²) in [7, 11) is 0. The van der Waals surface area contributed by atoms with Crippen molar-refractivity contribution < 1.29 is 4.79 Å². The number of pyridine rings is 1. The van der Waals surface area contributed by atoms with Gasteiger partial charge in [0.1, 0.15) is 5.82 Å². The Morgan fingerprint density at radius 2 is 1.68 bits per heavy atom. The van der Waals surface area contributed by atoms with E-state index in [9.17, 15) is 4.79 Å². The molecule has 0 bridgehead atoms. The van der Waals surface area contributed by atoms with Crippen molar-refractivity contribution in [2.24, 2.45) is 0 Å². The predicted octanol–water partition coefficient (Wildman–Crippen LogP) is 5.00. The normalized spacial score (nSPS) is 10.4. The summed E-state index contributed by atoms with van der Waals surface area (Å²) in [4.78, 5) is 16.7. The minimum absolute atomic E-state index is 0.135. The largest absolute Gasteiger partial charge is 0.340 e. The Hall–Kier alpha value is -3.14. The Kier molecular flexibility index (Phi) is 4.80. The van der Waals surface area contributed by atoms with Gasteiger partial charge in [-0.3, -0.25) is 4.79 Å². The van der Waals surface area contributed by atoms with Crippen LogP contribution in [-0.2, 0) is 0 Å². The molecule has 0 atom stereocenters. The van der Waals surface area contributed by atoms with Gasteiger partial charge in [-0.25, -0.2) is 4.98 Å². The van der Waals surface area contributed by atoms with Crippen molar-refractivity contribution in [3.05, 3.63) is 83.0 Å². The average Bonchev–Trinajstić information content (AvgIpc) is 2.61. The van der Waals surface area contributed by atoms with E-state index in [2.05, 4.69) is 15.6 Å². The zero-order valence-corrected chi connectivity index (χ0v) is 14.6. The van der Waals surface area contributed by atoms with E-state index >= 15 is 0 Å². The Morgan fingerprint density at radius 1 is 0.880 bits per heavy atom. The maximum atomic E-state index is 12.3. The number of rotatable bonds is 4. The number of aryl methyl sites for hydroxylation is 3. The highest BCUT2D eigenvalue weighted by Gasteiger charge is 2.08. The zero-order chi connectivity index (χ0) is 17.8. The van der Waals surface area contributed by atoms with Crippen LogP contribution in [0.3, 0.4) is 0 Å². The SMILES string of the molecule is Cc1ccc(C(=O)Nc2ccc(Nc3ccccc3C)nc2)cc1C. The second-order valence-electron chi connectivity index (χ2n) is 6.13. The number of hydrogen-bond donors (Lipinski definition) is 2. The van der Waals surface area contributed by atoms with Crippen LogP contribution in [0.2, 0.25) is 0 Å². The van der Waals surface area contributed by atoms with E-state index in [1.54, 1.807) is 6.20 Å². The van der Waals surface area contributed by atoms with Crippen LogP contribution < -0.4 is 10.6 Å². The Morgan fingerprint density at radius 3 is 2.36 bits per heavy atom. The van der Waals surface area contributed by atoms with Crippen molar-refractivity contribution in [2.45, 2.75) is 20.8 Å². The summed E-state index contributed by atoms with van der Waals surface area (Å²) in [5.74, 6) is 0.600. The summed E-state index contributed by atoms with van der Waals surface area (Å²) in [5.41, 5.74) is 5.75. The van der Waals surface area contributed by atoms with E-state index in [0.29, 0.717) is 11.3 Å². The van der Waals surface area contributed by atoms with Gasteiger partial charge in [0, 0.05) is 11.3 Å². The summed E-state index contributed by atoms with van der Waals surface area (Å²) < 4.78 is 0. The first-order valence-electron chi connectivity index (χ1n) is 8.20. The number of hydrogen-bond acceptors (Lipinski definition) is 3. The summed E-state index contributed by atoms with van der Waals surface area (Å²) in [6.45, 7) is 6.07. The number of para-hydroxylation sites is 1. The molecule has 0 unspecified atom stereocenters. The molecule has 4 heteroatoms. The van der Waals surface area contributed by atoms with Crippen molar-refractivity contribution >= 4 is 23.1 Å². The van der Waals surface area contributed by atoms with Crippen LogP contribution in [0, 0.1) is 20.8 Å². The molecule has 1 heterocycles.